The molecule has 0 saturated heterocycles. The smallest absolute Gasteiger partial charge is 0.115 e. The highest BCUT2D eigenvalue weighted by Crippen LogP contribution is 2.18. The molecule has 0 aliphatic carbocycles. The zero-order valence-corrected chi connectivity index (χ0v) is 11.7. The molecular formula is C17H21NO2. The minimum absolute atomic E-state index is 0.188. The fraction of sp³-hybridized carbons (Fsp3) is 0.294. The fourth-order valence-corrected chi connectivity index (χ4v) is 2.19. The Morgan fingerprint density at radius 2 is 1.80 bits per heavy atom. The molecule has 2 unspecified atom stereocenters. The lowest BCUT2D eigenvalue weighted by Crippen LogP contribution is -2.27. The molecule has 0 spiro atoms. The van der Waals surface area contributed by atoms with Crippen LogP contribution in [0.2, 0.25) is 0 Å². The van der Waals surface area contributed by atoms with E-state index in [1.54, 1.807) is 12.1 Å². The van der Waals surface area contributed by atoms with Gasteiger partial charge in [-0.3, -0.25) is 0 Å². The van der Waals surface area contributed by atoms with Gasteiger partial charge < -0.3 is 15.5 Å². The normalized spacial score (nSPS) is 13.9. The third-order valence-electron chi connectivity index (χ3n) is 3.33. The van der Waals surface area contributed by atoms with E-state index in [4.69, 9.17) is 0 Å². The van der Waals surface area contributed by atoms with Gasteiger partial charge in [0, 0.05) is 12.6 Å². The second-order valence-electron chi connectivity index (χ2n) is 5.11. The molecule has 2 atom stereocenters. The van der Waals surface area contributed by atoms with Crippen molar-refractivity contribution in [2.24, 2.45) is 0 Å². The van der Waals surface area contributed by atoms with Crippen molar-refractivity contribution in [2.45, 2.75) is 32.0 Å². The van der Waals surface area contributed by atoms with E-state index in [0.717, 1.165) is 11.1 Å². The highest BCUT2D eigenvalue weighted by Gasteiger charge is 2.11. The van der Waals surface area contributed by atoms with Crippen LogP contribution in [-0.4, -0.2) is 16.3 Å². The maximum atomic E-state index is 10.2. The van der Waals surface area contributed by atoms with Gasteiger partial charge in [-0.2, -0.15) is 0 Å². The molecule has 0 saturated carbocycles. The van der Waals surface area contributed by atoms with Crippen molar-refractivity contribution < 1.29 is 10.2 Å². The summed E-state index contributed by atoms with van der Waals surface area (Å²) in [5.41, 5.74) is 1.98. The molecule has 2 rings (SSSR count). The van der Waals surface area contributed by atoms with Crippen molar-refractivity contribution in [3.8, 4) is 5.75 Å². The molecule has 3 nitrogen and oxygen atoms in total. The van der Waals surface area contributed by atoms with Crippen molar-refractivity contribution in [1.29, 1.82) is 0 Å². The third-order valence-corrected chi connectivity index (χ3v) is 3.33. The van der Waals surface area contributed by atoms with Crippen LogP contribution in [0.3, 0.4) is 0 Å². The zero-order valence-electron chi connectivity index (χ0n) is 11.7. The zero-order chi connectivity index (χ0) is 14.4. The first-order valence-corrected chi connectivity index (χ1v) is 6.89. The Balaban J connectivity index is 1.82. The van der Waals surface area contributed by atoms with Crippen LogP contribution in [0.15, 0.2) is 54.6 Å². The van der Waals surface area contributed by atoms with Crippen LogP contribution < -0.4 is 5.32 Å². The minimum atomic E-state index is -0.456. The Kier molecular flexibility index (Phi) is 5.16. The molecule has 0 aliphatic heterocycles. The molecule has 0 radical (unpaired) electrons. The largest absolute Gasteiger partial charge is 0.508 e. The molecular weight excluding hydrogens is 250 g/mol. The summed E-state index contributed by atoms with van der Waals surface area (Å²) in [7, 11) is 0. The number of phenolic OH excluding ortho intramolecular Hbond substituents is 1. The molecule has 2 aromatic carbocycles. The maximum absolute atomic E-state index is 10.2. The number of rotatable bonds is 6. The van der Waals surface area contributed by atoms with Crippen LogP contribution in [0.25, 0.3) is 0 Å². The van der Waals surface area contributed by atoms with E-state index in [1.165, 1.54) is 0 Å². The molecule has 0 fully saturated rings. The van der Waals surface area contributed by atoms with Crippen molar-refractivity contribution in [1.82, 2.24) is 5.32 Å². The number of phenols is 1. The van der Waals surface area contributed by atoms with Crippen LogP contribution in [0, 0.1) is 0 Å². The first kappa shape index (κ1) is 14.6. The molecule has 0 heterocycles. The lowest BCUT2D eigenvalue weighted by atomic mass is 10.0. The average Bonchev–Trinajstić information content (AvgIpc) is 2.46. The van der Waals surface area contributed by atoms with E-state index in [-0.39, 0.29) is 11.8 Å². The summed E-state index contributed by atoms with van der Waals surface area (Å²) < 4.78 is 0. The molecule has 0 aliphatic rings. The molecule has 0 aromatic heterocycles. The number of nitrogens with one attached hydrogen (secondary N) is 1. The van der Waals surface area contributed by atoms with Crippen LogP contribution in [0.5, 0.6) is 5.75 Å². The number of aliphatic hydroxyl groups is 1. The lowest BCUT2D eigenvalue weighted by molar-refractivity contribution is 0.154. The van der Waals surface area contributed by atoms with Crippen LogP contribution in [0.1, 0.15) is 30.6 Å². The van der Waals surface area contributed by atoms with Crippen molar-refractivity contribution in [2.75, 3.05) is 0 Å². The lowest BCUT2D eigenvalue weighted by Gasteiger charge is -2.18. The van der Waals surface area contributed by atoms with Crippen molar-refractivity contribution >= 4 is 0 Å². The summed E-state index contributed by atoms with van der Waals surface area (Å²) in [4.78, 5) is 0. The van der Waals surface area contributed by atoms with Gasteiger partial charge in [0.25, 0.3) is 0 Å². The molecule has 20 heavy (non-hydrogen) atoms. The average molecular weight is 271 g/mol. The number of hydrogen-bond donors (Lipinski definition) is 3. The molecule has 3 heteroatoms. The molecule has 0 amide bonds. The van der Waals surface area contributed by atoms with Crippen molar-refractivity contribution in [3.63, 3.8) is 0 Å². The van der Waals surface area contributed by atoms with E-state index < -0.39 is 6.10 Å². The standard InChI is InChI=1S/C17H21NO2/c1-13(10-17(20)15-7-3-2-4-8-15)18-12-14-6-5-9-16(19)11-14/h2-9,11,13,17-20H,10,12H2,1H3. The number of aromatic hydroxyl groups is 1. The summed E-state index contributed by atoms with van der Waals surface area (Å²) in [5.74, 6) is 0.279. The number of benzene rings is 2. The van der Waals surface area contributed by atoms with Gasteiger partial charge in [-0.05, 0) is 36.6 Å². The van der Waals surface area contributed by atoms with Crippen LogP contribution in [0.4, 0.5) is 0 Å². The van der Waals surface area contributed by atoms with Gasteiger partial charge in [0.1, 0.15) is 5.75 Å². The predicted molar refractivity (Wildman–Crippen MR) is 80.4 cm³/mol. The second kappa shape index (κ2) is 7.08. The Morgan fingerprint density at radius 3 is 2.50 bits per heavy atom. The molecule has 0 bridgehead atoms. The van der Waals surface area contributed by atoms with Gasteiger partial charge in [0.2, 0.25) is 0 Å². The van der Waals surface area contributed by atoms with Gasteiger partial charge in [-0.25, -0.2) is 0 Å². The number of hydrogen-bond acceptors (Lipinski definition) is 3. The highest BCUT2D eigenvalue weighted by molar-refractivity contribution is 5.27. The Labute approximate surface area is 119 Å². The minimum Gasteiger partial charge on any atom is -0.508 e. The number of aliphatic hydroxyl groups excluding tert-OH is 1. The first-order valence-electron chi connectivity index (χ1n) is 6.89. The van der Waals surface area contributed by atoms with E-state index >= 15 is 0 Å². The third kappa shape index (κ3) is 4.37. The van der Waals surface area contributed by atoms with E-state index in [0.29, 0.717) is 13.0 Å². The predicted octanol–water partition coefficient (Wildman–Crippen LogP) is 2.99. The quantitative estimate of drug-likeness (QED) is 0.757. The highest BCUT2D eigenvalue weighted by atomic mass is 16.3. The Hall–Kier alpha value is -1.84. The van der Waals surface area contributed by atoms with Gasteiger partial charge in [-0.1, -0.05) is 42.5 Å². The molecule has 106 valence electrons. The topological polar surface area (TPSA) is 52.5 Å². The van der Waals surface area contributed by atoms with Gasteiger partial charge >= 0.3 is 0 Å². The summed E-state index contributed by atoms with van der Waals surface area (Å²) in [6.45, 7) is 2.73. The summed E-state index contributed by atoms with van der Waals surface area (Å²) in [6, 6.07) is 17.1. The van der Waals surface area contributed by atoms with Gasteiger partial charge in [0.05, 0.1) is 6.10 Å². The SMILES string of the molecule is CC(CC(O)c1ccccc1)NCc1cccc(O)c1. The van der Waals surface area contributed by atoms with Gasteiger partial charge in [-0.15, -0.1) is 0 Å². The monoisotopic (exact) mass is 271 g/mol. The molecule has 2 aromatic rings. The summed E-state index contributed by atoms with van der Waals surface area (Å²) >= 11 is 0. The van der Waals surface area contributed by atoms with E-state index in [2.05, 4.69) is 12.2 Å². The van der Waals surface area contributed by atoms with Gasteiger partial charge in [0.15, 0.2) is 0 Å². The molecule has 3 N–H and O–H groups in total. The summed E-state index contributed by atoms with van der Waals surface area (Å²) in [6.07, 6.45) is 0.200. The Morgan fingerprint density at radius 1 is 1.05 bits per heavy atom. The maximum Gasteiger partial charge on any atom is 0.115 e. The van der Waals surface area contributed by atoms with E-state index in [9.17, 15) is 10.2 Å². The first-order chi connectivity index (χ1) is 9.65. The van der Waals surface area contributed by atoms with E-state index in [1.807, 2.05) is 42.5 Å². The Bertz CT molecular complexity index is 528. The second-order valence-corrected chi connectivity index (χ2v) is 5.11. The van der Waals surface area contributed by atoms with Crippen molar-refractivity contribution in [3.05, 3.63) is 65.7 Å². The van der Waals surface area contributed by atoms with Crippen LogP contribution >= 0.6 is 0 Å². The fourth-order valence-electron chi connectivity index (χ4n) is 2.19. The van der Waals surface area contributed by atoms with Crippen LogP contribution in [-0.2, 0) is 6.54 Å². The summed E-state index contributed by atoms with van der Waals surface area (Å²) in [5, 5.41) is 22.9.